The van der Waals surface area contributed by atoms with E-state index in [1.165, 1.54) is 0 Å². The Morgan fingerprint density at radius 1 is 1.61 bits per heavy atom. The van der Waals surface area contributed by atoms with Crippen molar-refractivity contribution in [3.63, 3.8) is 0 Å². The summed E-state index contributed by atoms with van der Waals surface area (Å²) in [6, 6.07) is 0. The minimum atomic E-state index is -0.0486. The zero-order valence-corrected chi connectivity index (χ0v) is 14.9. The predicted octanol–water partition coefficient (Wildman–Crippen LogP) is 1.00. The molecule has 3 rings (SSSR count). The molecule has 6 nitrogen and oxygen atoms in total. The molecule has 0 saturated carbocycles. The van der Waals surface area contributed by atoms with E-state index < -0.39 is 0 Å². The number of aromatic nitrogens is 1. The third kappa shape index (κ3) is 3.74. The van der Waals surface area contributed by atoms with Crippen molar-refractivity contribution in [3.8, 4) is 0 Å². The van der Waals surface area contributed by atoms with E-state index >= 15 is 0 Å². The number of carbonyl (C=O) groups excluding carboxylic acids is 1. The number of likely N-dealkylation sites (N-methyl/N-ethyl adjacent to an activating group) is 1. The van der Waals surface area contributed by atoms with Crippen LogP contribution in [0.1, 0.15) is 10.7 Å². The lowest BCUT2D eigenvalue weighted by Gasteiger charge is -2.27. The largest absolute Gasteiger partial charge is 0.380 e. The molecule has 1 aromatic heterocycles. The van der Waals surface area contributed by atoms with Crippen LogP contribution in [0.25, 0.3) is 0 Å². The summed E-state index contributed by atoms with van der Waals surface area (Å²) < 4.78 is 11.6. The van der Waals surface area contributed by atoms with Crippen LogP contribution >= 0.6 is 11.3 Å². The third-order valence-corrected chi connectivity index (χ3v) is 5.45. The predicted molar refractivity (Wildman–Crippen MR) is 88.4 cm³/mol. The van der Waals surface area contributed by atoms with Gasteiger partial charge < -0.3 is 19.3 Å². The Kier molecular flexibility index (Phi) is 5.01. The molecule has 0 N–H and O–H groups in total. The molecule has 2 aliphatic rings. The Bertz CT molecular complexity index is 563. The molecule has 0 radical (unpaired) electrons. The molecular weight excluding hydrogens is 314 g/mol. The fourth-order valence-corrected chi connectivity index (χ4v) is 4.03. The van der Waals surface area contributed by atoms with Crippen LogP contribution < -0.4 is 0 Å². The fraction of sp³-hybridized carbons (Fsp3) is 0.750. The van der Waals surface area contributed by atoms with Crippen LogP contribution in [0.15, 0.2) is 5.38 Å². The molecule has 2 saturated heterocycles. The van der Waals surface area contributed by atoms with Crippen LogP contribution in [0.5, 0.6) is 0 Å². The monoisotopic (exact) mass is 339 g/mol. The van der Waals surface area contributed by atoms with Gasteiger partial charge in [0.2, 0.25) is 5.91 Å². The van der Waals surface area contributed by atoms with E-state index in [-0.39, 0.29) is 11.3 Å². The summed E-state index contributed by atoms with van der Waals surface area (Å²) >= 11 is 1.64. The third-order valence-electron chi connectivity index (χ3n) is 4.63. The Hall–Kier alpha value is -1.02. The second kappa shape index (κ2) is 6.84. The van der Waals surface area contributed by atoms with Crippen molar-refractivity contribution in [2.24, 2.45) is 11.3 Å². The highest BCUT2D eigenvalue weighted by Gasteiger charge is 2.51. The molecule has 2 aliphatic heterocycles. The number of hydrogen-bond donors (Lipinski definition) is 0. The summed E-state index contributed by atoms with van der Waals surface area (Å²) in [5, 5.41) is 3.10. The summed E-state index contributed by atoms with van der Waals surface area (Å²) in [6.45, 7) is 6.54. The van der Waals surface area contributed by atoms with Gasteiger partial charge in [-0.15, -0.1) is 11.3 Å². The normalized spacial score (nSPS) is 27.0. The van der Waals surface area contributed by atoms with Crippen LogP contribution in [0, 0.1) is 18.3 Å². The first kappa shape index (κ1) is 16.8. The summed E-state index contributed by atoms with van der Waals surface area (Å²) in [4.78, 5) is 20.6. The van der Waals surface area contributed by atoms with Gasteiger partial charge in [-0.3, -0.25) is 4.79 Å². The Balaban J connectivity index is 1.57. The number of carbonyl (C=O) groups is 1. The van der Waals surface area contributed by atoms with E-state index in [4.69, 9.17) is 9.47 Å². The highest BCUT2D eigenvalue weighted by atomic mass is 32.1. The van der Waals surface area contributed by atoms with Gasteiger partial charge >= 0.3 is 0 Å². The fourth-order valence-electron chi connectivity index (χ4n) is 3.43. The highest BCUT2D eigenvalue weighted by molar-refractivity contribution is 7.09. The number of hydrogen-bond acceptors (Lipinski definition) is 6. The minimum Gasteiger partial charge on any atom is -0.380 e. The average Bonchev–Trinajstić information content (AvgIpc) is 3.12. The molecular formula is C16H25N3O3S. The first-order chi connectivity index (χ1) is 11.0. The molecule has 2 atom stereocenters. The topological polar surface area (TPSA) is 54.9 Å². The van der Waals surface area contributed by atoms with Gasteiger partial charge in [-0.2, -0.15) is 0 Å². The molecule has 7 heteroatoms. The molecule has 0 bridgehead atoms. The molecule has 1 amide bonds. The van der Waals surface area contributed by atoms with Crippen molar-refractivity contribution < 1.29 is 14.3 Å². The summed E-state index contributed by atoms with van der Waals surface area (Å²) in [5.41, 5.74) is 0.936. The standard InChI is InChI=1S/C16H25N3O3S/c1-12-17-14(8-23-12)7-22-11-16-9-19(15(20)5-18(2)3)4-13(16)6-21-10-16/h8,13H,4-7,9-11H2,1-3H3/t13-,16+/m1/s1. The molecule has 128 valence electrons. The van der Waals surface area contributed by atoms with Crippen molar-refractivity contribution in [1.29, 1.82) is 0 Å². The molecule has 0 unspecified atom stereocenters. The highest BCUT2D eigenvalue weighted by Crippen LogP contribution is 2.41. The van der Waals surface area contributed by atoms with Crippen LogP contribution in [0.4, 0.5) is 0 Å². The number of ether oxygens (including phenoxy) is 2. The van der Waals surface area contributed by atoms with Crippen molar-refractivity contribution in [1.82, 2.24) is 14.8 Å². The molecule has 0 aliphatic carbocycles. The maximum Gasteiger partial charge on any atom is 0.236 e. The molecule has 23 heavy (non-hydrogen) atoms. The van der Waals surface area contributed by atoms with Crippen molar-refractivity contribution in [2.45, 2.75) is 13.5 Å². The van der Waals surface area contributed by atoms with E-state index in [9.17, 15) is 4.79 Å². The van der Waals surface area contributed by atoms with E-state index in [1.807, 2.05) is 36.2 Å². The second-order valence-corrected chi connectivity index (χ2v) is 8.00. The quantitative estimate of drug-likeness (QED) is 0.774. The maximum atomic E-state index is 12.3. The first-order valence-corrected chi connectivity index (χ1v) is 8.85. The summed E-state index contributed by atoms with van der Waals surface area (Å²) in [5.74, 6) is 0.574. The summed E-state index contributed by atoms with van der Waals surface area (Å²) in [7, 11) is 3.85. The minimum absolute atomic E-state index is 0.0486. The zero-order chi connectivity index (χ0) is 16.4. The van der Waals surface area contributed by atoms with Gasteiger partial charge in [0.25, 0.3) is 0 Å². The maximum absolute atomic E-state index is 12.3. The number of aryl methyl sites for hydroxylation is 1. The number of thiazole rings is 1. The molecule has 3 heterocycles. The van der Waals surface area contributed by atoms with Crippen LogP contribution in [-0.2, 0) is 20.9 Å². The van der Waals surface area contributed by atoms with Crippen LogP contribution in [0.2, 0.25) is 0 Å². The molecule has 0 spiro atoms. The lowest BCUT2D eigenvalue weighted by Crippen LogP contribution is -2.40. The van der Waals surface area contributed by atoms with E-state index in [0.29, 0.717) is 32.3 Å². The van der Waals surface area contributed by atoms with Gasteiger partial charge in [0, 0.05) is 29.8 Å². The summed E-state index contributed by atoms with van der Waals surface area (Å²) in [6.07, 6.45) is 0. The average molecular weight is 339 g/mol. The SMILES string of the molecule is Cc1nc(COC[C@]23COC[C@H]2CN(C(=O)CN(C)C)C3)cs1. The van der Waals surface area contributed by atoms with Gasteiger partial charge in [0.05, 0.1) is 43.7 Å². The van der Waals surface area contributed by atoms with Crippen molar-refractivity contribution >= 4 is 17.2 Å². The lowest BCUT2D eigenvalue weighted by atomic mass is 9.82. The van der Waals surface area contributed by atoms with Gasteiger partial charge in [-0.25, -0.2) is 4.98 Å². The number of amides is 1. The number of rotatable bonds is 6. The van der Waals surface area contributed by atoms with Gasteiger partial charge in [0.15, 0.2) is 0 Å². The van der Waals surface area contributed by atoms with Crippen LogP contribution in [0.3, 0.4) is 0 Å². The van der Waals surface area contributed by atoms with Gasteiger partial charge in [-0.05, 0) is 21.0 Å². The number of nitrogens with zero attached hydrogens (tertiary/aromatic N) is 3. The number of likely N-dealkylation sites (tertiary alicyclic amines) is 1. The lowest BCUT2D eigenvalue weighted by molar-refractivity contribution is -0.131. The van der Waals surface area contributed by atoms with E-state index in [1.54, 1.807) is 11.3 Å². The van der Waals surface area contributed by atoms with Gasteiger partial charge in [0.1, 0.15) is 0 Å². The van der Waals surface area contributed by atoms with Crippen molar-refractivity contribution in [3.05, 3.63) is 16.1 Å². The van der Waals surface area contributed by atoms with Gasteiger partial charge in [-0.1, -0.05) is 0 Å². The molecule has 1 aromatic rings. The van der Waals surface area contributed by atoms with E-state index in [2.05, 4.69) is 4.98 Å². The number of fused-ring (bicyclic) bond motifs is 1. The van der Waals surface area contributed by atoms with Crippen LogP contribution in [-0.4, -0.2) is 74.2 Å². The first-order valence-electron chi connectivity index (χ1n) is 7.97. The Morgan fingerprint density at radius 2 is 2.43 bits per heavy atom. The van der Waals surface area contributed by atoms with E-state index in [0.717, 1.165) is 30.4 Å². The molecule has 0 aromatic carbocycles. The Labute approximate surface area is 141 Å². The zero-order valence-electron chi connectivity index (χ0n) is 14.1. The smallest absolute Gasteiger partial charge is 0.236 e. The van der Waals surface area contributed by atoms with Crippen molar-refractivity contribution in [2.75, 3.05) is 53.6 Å². The second-order valence-electron chi connectivity index (χ2n) is 6.94. The molecule has 2 fully saturated rings. The Morgan fingerprint density at radius 3 is 3.13 bits per heavy atom.